The number of rotatable bonds is 6. The van der Waals surface area contributed by atoms with Gasteiger partial charge in [-0.25, -0.2) is 13.6 Å². The van der Waals surface area contributed by atoms with Gasteiger partial charge in [0.05, 0.1) is 12.5 Å². The van der Waals surface area contributed by atoms with E-state index in [1.165, 1.54) is 17.9 Å². The second-order valence-corrected chi connectivity index (χ2v) is 7.36. The number of imide groups is 1. The molecule has 4 amide bonds. The van der Waals surface area contributed by atoms with Gasteiger partial charge < -0.3 is 10.2 Å². The number of urea groups is 1. The Morgan fingerprint density at radius 1 is 1.16 bits per heavy atom. The van der Waals surface area contributed by atoms with E-state index < -0.39 is 41.6 Å². The molecule has 1 heterocycles. The number of amides is 4. The number of nitrogens with zero attached hydrogens (tertiary/aromatic N) is 3. The number of hydrogen-bond acceptors (Lipinski definition) is 4. The first-order valence-corrected chi connectivity index (χ1v) is 9.51. The molecule has 1 saturated heterocycles. The Bertz CT molecular complexity index is 1080. The fourth-order valence-electron chi connectivity index (χ4n) is 3.35. The quantitative estimate of drug-likeness (QED) is 0.719. The van der Waals surface area contributed by atoms with Gasteiger partial charge in [0.1, 0.15) is 12.1 Å². The van der Waals surface area contributed by atoms with Gasteiger partial charge in [-0.1, -0.05) is 23.8 Å². The van der Waals surface area contributed by atoms with Gasteiger partial charge in [0, 0.05) is 12.2 Å². The van der Waals surface area contributed by atoms with Crippen molar-refractivity contribution in [1.82, 2.24) is 10.2 Å². The molecule has 2 aromatic rings. The Labute approximate surface area is 177 Å². The maximum Gasteiger partial charge on any atom is 0.325 e. The van der Waals surface area contributed by atoms with E-state index in [0.717, 1.165) is 22.6 Å². The topological polar surface area (TPSA) is 93.5 Å². The second kappa shape index (κ2) is 8.52. The molecule has 3 rings (SSSR count). The first-order chi connectivity index (χ1) is 14.7. The zero-order valence-electron chi connectivity index (χ0n) is 17.0. The van der Waals surface area contributed by atoms with Crippen LogP contribution in [-0.4, -0.2) is 35.8 Å². The van der Waals surface area contributed by atoms with E-state index in [9.17, 15) is 23.2 Å². The summed E-state index contributed by atoms with van der Waals surface area (Å²) in [5.41, 5.74) is -0.0820. The molecular formula is C22H20F2N4O3. The third-order valence-corrected chi connectivity index (χ3v) is 5.16. The minimum absolute atomic E-state index is 0.0552. The molecule has 7 nitrogen and oxygen atoms in total. The molecule has 1 aliphatic heterocycles. The Hall–Kier alpha value is -3.80. The van der Waals surface area contributed by atoms with Gasteiger partial charge in [-0.15, -0.1) is 0 Å². The molecule has 9 heteroatoms. The first-order valence-electron chi connectivity index (χ1n) is 9.51. The summed E-state index contributed by atoms with van der Waals surface area (Å²) in [6.45, 7) is 2.76. The van der Waals surface area contributed by atoms with Gasteiger partial charge in [0.2, 0.25) is 5.91 Å². The highest BCUT2D eigenvalue weighted by molar-refractivity contribution is 6.10. The number of nitrogens with one attached hydrogen (secondary N) is 1. The van der Waals surface area contributed by atoms with Gasteiger partial charge in [-0.3, -0.25) is 14.5 Å². The fourth-order valence-corrected chi connectivity index (χ4v) is 3.35. The summed E-state index contributed by atoms with van der Waals surface area (Å²) in [7, 11) is 0. The number of aryl methyl sites for hydroxylation is 1. The summed E-state index contributed by atoms with van der Waals surface area (Å²) in [6.07, 6.45) is 0.0618. The van der Waals surface area contributed by atoms with Crippen LogP contribution in [0.5, 0.6) is 0 Å². The molecule has 1 aliphatic rings. The number of carbonyl (C=O) groups is 3. The van der Waals surface area contributed by atoms with Gasteiger partial charge in [-0.05, 0) is 43.7 Å². The number of anilines is 1. The summed E-state index contributed by atoms with van der Waals surface area (Å²) < 4.78 is 27.0. The monoisotopic (exact) mass is 426 g/mol. The van der Waals surface area contributed by atoms with Crippen molar-refractivity contribution in [3.63, 3.8) is 0 Å². The lowest BCUT2D eigenvalue weighted by molar-refractivity contribution is -0.134. The van der Waals surface area contributed by atoms with Crippen LogP contribution < -0.4 is 10.2 Å². The van der Waals surface area contributed by atoms with Gasteiger partial charge in [-0.2, -0.15) is 5.26 Å². The average molecular weight is 426 g/mol. The average Bonchev–Trinajstić information content (AvgIpc) is 2.95. The molecule has 1 N–H and O–H groups in total. The molecule has 0 radical (unpaired) electrons. The predicted octanol–water partition coefficient (Wildman–Crippen LogP) is 2.99. The van der Waals surface area contributed by atoms with E-state index in [0.29, 0.717) is 5.69 Å². The lowest BCUT2D eigenvalue weighted by atomic mass is 9.92. The molecule has 1 fully saturated rings. The molecular weight excluding hydrogens is 406 g/mol. The molecule has 31 heavy (non-hydrogen) atoms. The highest BCUT2D eigenvalue weighted by Crippen LogP contribution is 2.30. The van der Waals surface area contributed by atoms with Crippen molar-refractivity contribution in [3.8, 4) is 6.07 Å². The minimum Gasteiger partial charge on any atom is -0.319 e. The zero-order chi connectivity index (χ0) is 22.8. The van der Waals surface area contributed by atoms with Crippen LogP contribution in [0.3, 0.4) is 0 Å². The third-order valence-electron chi connectivity index (χ3n) is 5.16. The fraction of sp³-hybridized carbons (Fsp3) is 0.273. The lowest BCUT2D eigenvalue weighted by Gasteiger charge is -2.25. The molecule has 1 atom stereocenters. The standard InChI is InChI=1S/C22H20F2N4O3/c1-14-4-7-16(8-5-14)27(11-3-10-25)19(29)13-28-20(30)22(2,26-21(28)31)15-6-9-17(23)18(24)12-15/h4-9,12H,3,11,13H2,1-2H3,(H,26,31). The third kappa shape index (κ3) is 4.23. The number of carbonyl (C=O) groups excluding carboxylic acids is 3. The van der Waals surface area contributed by atoms with Crippen LogP contribution in [-0.2, 0) is 15.1 Å². The van der Waals surface area contributed by atoms with E-state index in [-0.39, 0.29) is 18.5 Å². The summed E-state index contributed by atoms with van der Waals surface area (Å²) in [4.78, 5) is 40.5. The van der Waals surface area contributed by atoms with Crippen molar-refractivity contribution < 1.29 is 23.2 Å². The normalized spacial score (nSPS) is 18.0. The van der Waals surface area contributed by atoms with Crippen LogP contribution in [0.1, 0.15) is 24.5 Å². The highest BCUT2D eigenvalue weighted by Gasteiger charge is 2.50. The van der Waals surface area contributed by atoms with Gasteiger partial charge in [0.25, 0.3) is 5.91 Å². The number of benzene rings is 2. The van der Waals surface area contributed by atoms with E-state index in [1.54, 1.807) is 24.3 Å². The molecule has 160 valence electrons. The highest BCUT2D eigenvalue weighted by atomic mass is 19.2. The van der Waals surface area contributed by atoms with Crippen molar-refractivity contribution in [2.24, 2.45) is 0 Å². The smallest absolute Gasteiger partial charge is 0.319 e. The Kier molecular flexibility index (Phi) is 6.02. The van der Waals surface area contributed by atoms with Crippen LogP contribution in [0.4, 0.5) is 19.3 Å². The van der Waals surface area contributed by atoms with Crippen molar-refractivity contribution in [3.05, 3.63) is 65.2 Å². The summed E-state index contributed by atoms with van der Waals surface area (Å²) in [6, 6.07) is 11.1. The maximum absolute atomic E-state index is 13.7. The number of hydrogen-bond donors (Lipinski definition) is 1. The van der Waals surface area contributed by atoms with Crippen LogP contribution in [0.2, 0.25) is 0 Å². The van der Waals surface area contributed by atoms with Gasteiger partial charge in [0.15, 0.2) is 11.6 Å². The predicted molar refractivity (Wildman–Crippen MR) is 108 cm³/mol. The molecule has 0 spiro atoms. The van der Waals surface area contributed by atoms with Gasteiger partial charge >= 0.3 is 6.03 Å². The molecule has 0 bridgehead atoms. The zero-order valence-corrected chi connectivity index (χ0v) is 17.0. The SMILES string of the molecule is Cc1ccc(N(CCC#N)C(=O)CN2C(=O)NC(C)(c3ccc(F)c(F)c3)C2=O)cc1. The van der Waals surface area contributed by atoms with Crippen molar-refractivity contribution in [1.29, 1.82) is 5.26 Å². The summed E-state index contributed by atoms with van der Waals surface area (Å²) >= 11 is 0. The molecule has 0 aliphatic carbocycles. The van der Waals surface area contributed by atoms with Crippen molar-refractivity contribution >= 4 is 23.5 Å². The van der Waals surface area contributed by atoms with Crippen LogP contribution in [0.25, 0.3) is 0 Å². The largest absolute Gasteiger partial charge is 0.325 e. The summed E-state index contributed by atoms with van der Waals surface area (Å²) in [5, 5.41) is 11.4. The molecule has 2 aromatic carbocycles. The summed E-state index contributed by atoms with van der Waals surface area (Å²) in [5.74, 6) is -3.56. The Morgan fingerprint density at radius 3 is 2.45 bits per heavy atom. The van der Waals surface area contributed by atoms with E-state index in [4.69, 9.17) is 5.26 Å². The van der Waals surface area contributed by atoms with E-state index in [1.807, 2.05) is 13.0 Å². The first kappa shape index (κ1) is 21.9. The second-order valence-electron chi connectivity index (χ2n) is 7.36. The Balaban J connectivity index is 1.84. The molecule has 1 unspecified atom stereocenters. The number of nitriles is 1. The molecule has 0 saturated carbocycles. The van der Waals surface area contributed by atoms with Crippen LogP contribution in [0, 0.1) is 29.9 Å². The van der Waals surface area contributed by atoms with E-state index in [2.05, 4.69) is 5.32 Å². The van der Waals surface area contributed by atoms with Crippen LogP contribution in [0.15, 0.2) is 42.5 Å². The molecule has 0 aromatic heterocycles. The lowest BCUT2D eigenvalue weighted by Crippen LogP contribution is -2.45. The van der Waals surface area contributed by atoms with Crippen molar-refractivity contribution in [2.45, 2.75) is 25.8 Å². The minimum atomic E-state index is -1.65. The van der Waals surface area contributed by atoms with Crippen LogP contribution >= 0.6 is 0 Å². The number of halogens is 2. The Morgan fingerprint density at radius 2 is 1.84 bits per heavy atom. The van der Waals surface area contributed by atoms with Crippen molar-refractivity contribution in [2.75, 3.05) is 18.0 Å². The maximum atomic E-state index is 13.7. The van der Waals surface area contributed by atoms with E-state index >= 15 is 0 Å².